The van der Waals surface area contributed by atoms with E-state index in [2.05, 4.69) is 102 Å². The van der Waals surface area contributed by atoms with Crippen molar-refractivity contribution in [3.05, 3.63) is 109 Å². The van der Waals surface area contributed by atoms with Crippen LogP contribution in [0.3, 0.4) is 0 Å². The normalized spacial score (nSPS) is 18.1. The van der Waals surface area contributed by atoms with Gasteiger partial charge in [-0.1, -0.05) is 142 Å². The largest absolute Gasteiger partial charge is 0.472 e. The van der Waals surface area contributed by atoms with Crippen LogP contribution < -0.4 is 0 Å². The van der Waals surface area contributed by atoms with Crippen LogP contribution in [0.15, 0.2) is 109 Å². The number of carbonyl (C=O) groups is 2. The molecule has 0 radical (unpaired) electrons. The van der Waals surface area contributed by atoms with Gasteiger partial charge in [-0.3, -0.25) is 23.2 Å². The maximum absolute atomic E-state index is 12.7. The SMILES string of the molecule is CC/C=C\C/C=C\C/C=C\C/C=C\C/C=C\C/C=C\CCC(=O)OC[C@H](COP(=O)(O)OC[C@@H](O)COP(=O)(O)O)OC(=O)CCC/C=C\C/C=C\C/C=C\CC1OC1CCCCC. The van der Waals surface area contributed by atoms with Gasteiger partial charge < -0.3 is 34.0 Å². The molecule has 3 unspecified atom stereocenters. The average molecular weight is 939 g/mol. The molecule has 1 aliphatic heterocycles. The van der Waals surface area contributed by atoms with E-state index in [4.69, 9.17) is 28.5 Å². The van der Waals surface area contributed by atoms with Crippen LogP contribution >= 0.6 is 15.6 Å². The highest BCUT2D eigenvalue weighted by molar-refractivity contribution is 7.47. The first-order valence-electron chi connectivity index (χ1n) is 22.7. The topological polar surface area (TPSA) is 208 Å². The van der Waals surface area contributed by atoms with Gasteiger partial charge in [0.25, 0.3) is 0 Å². The van der Waals surface area contributed by atoms with E-state index in [0.29, 0.717) is 37.9 Å². The maximum atomic E-state index is 12.7. The first-order valence-corrected chi connectivity index (χ1v) is 25.7. The van der Waals surface area contributed by atoms with Gasteiger partial charge in [0.2, 0.25) is 0 Å². The lowest BCUT2D eigenvalue weighted by molar-refractivity contribution is -0.161. The monoisotopic (exact) mass is 938 g/mol. The van der Waals surface area contributed by atoms with Gasteiger partial charge in [-0.05, 0) is 83.5 Å². The van der Waals surface area contributed by atoms with E-state index in [0.717, 1.165) is 57.8 Å². The number of ether oxygens (including phenoxy) is 3. The molecule has 64 heavy (non-hydrogen) atoms. The van der Waals surface area contributed by atoms with Gasteiger partial charge in [-0.25, -0.2) is 9.13 Å². The van der Waals surface area contributed by atoms with Crippen molar-refractivity contribution in [1.29, 1.82) is 0 Å². The van der Waals surface area contributed by atoms with Gasteiger partial charge in [-0.2, -0.15) is 0 Å². The number of phosphoric ester groups is 2. The molecular formula is C48H76O14P2. The molecule has 4 N–H and O–H groups in total. The molecule has 14 nitrogen and oxygen atoms in total. The summed E-state index contributed by atoms with van der Waals surface area (Å²) in [5.41, 5.74) is 0. The summed E-state index contributed by atoms with van der Waals surface area (Å²) in [6.07, 6.45) is 49.9. The summed E-state index contributed by atoms with van der Waals surface area (Å²) >= 11 is 0. The summed E-state index contributed by atoms with van der Waals surface area (Å²) in [5.74, 6) is -1.21. The Balaban J connectivity index is 2.44. The summed E-state index contributed by atoms with van der Waals surface area (Å²) in [5, 5.41) is 9.76. The minimum Gasteiger partial charge on any atom is -0.462 e. The van der Waals surface area contributed by atoms with Crippen molar-refractivity contribution in [2.75, 3.05) is 26.4 Å². The quantitative estimate of drug-likeness (QED) is 0.0148. The zero-order valence-corrected chi connectivity index (χ0v) is 39.8. The number of carbonyl (C=O) groups excluding carboxylic acids is 2. The van der Waals surface area contributed by atoms with Gasteiger partial charge in [-0.15, -0.1) is 0 Å². The van der Waals surface area contributed by atoms with E-state index in [9.17, 15) is 28.7 Å². The second kappa shape index (κ2) is 39.0. The number of aliphatic hydroxyl groups is 1. The molecule has 0 aromatic heterocycles. The lowest BCUT2D eigenvalue weighted by Gasteiger charge is -2.20. The summed E-state index contributed by atoms with van der Waals surface area (Å²) in [7, 11) is -9.74. The number of rotatable bonds is 40. The average Bonchev–Trinajstić information content (AvgIpc) is 4.01. The van der Waals surface area contributed by atoms with E-state index >= 15 is 0 Å². The van der Waals surface area contributed by atoms with Gasteiger partial charge in [0.15, 0.2) is 6.10 Å². The third-order valence-corrected chi connectivity index (χ3v) is 10.5. The Kier molecular flexibility index (Phi) is 35.8. The van der Waals surface area contributed by atoms with Crippen LogP contribution in [0.4, 0.5) is 0 Å². The van der Waals surface area contributed by atoms with Crippen molar-refractivity contribution in [2.24, 2.45) is 0 Å². The second-order valence-electron chi connectivity index (χ2n) is 15.0. The number of phosphoric acid groups is 2. The predicted octanol–water partition coefficient (Wildman–Crippen LogP) is 10.9. The van der Waals surface area contributed by atoms with Gasteiger partial charge in [0.05, 0.1) is 32.0 Å². The van der Waals surface area contributed by atoms with Crippen LogP contribution in [0, 0.1) is 0 Å². The molecule has 1 fully saturated rings. The molecule has 1 saturated heterocycles. The fraction of sp³-hybridized carbons (Fsp3) is 0.583. The first kappa shape index (κ1) is 58.8. The fourth-order valence-electron chi connectivity index (χ4n) is 5.58. The number of hydrogen-bond acceptors (Lipinski definition) is 11. The molecule has 5 atom stereocenters. The summed E-state index contributed by atoms with van der Waals surface area (Å²) < 4.78 is 53.4. The van der Waals surface area contributed by atoms with Crippen molar-refractivity contribution in [2.45, 2.75) is 154 Å². The molecule has 0 aromatic rings. The Hall–Kier alpha value is -3.26. The predicted molar refractivity (Wildman–Crippen MR) is 252 cm³/mol. The first-order chi connectivity index (χ1) is 30.8. The van der Waals surface area contributed by atoms with Crippen LogP contribution in [-0.4, -0.2) is 82.6 Å². The molecule has 0 amide bonds. The van der Waals surface area contributed by atoms with E-state index in [1.54, 1.807) is 0 Å². The zero-order chi connectivity index (χ0) is 47.0. The Morgan fingerprint density at radius 1 is 0.562 bits per heavy atom. The summed E-state index contributed by atoms with van der Waals surface area (Å²) in [6.45, 7) is 1.44. The number of epoxide rings is 1. The third kappa shape index (κ3) is 39.1. The fourth-order valence-corrected chi connectivity index (χ4v) is 6.73. The Labute approximate surface area is 382 Å². The number of allylic oxidation sites excluding steroid dienone is 17. The summed E-state index contributed by atoms with van der Waals surface area (Å²) in [4.78, 5) is 52.7. The number of unbranched alkanes of at least 4 members (excludes halogenated alkanes) is 3. The van der Waals surface area contributed by atoms with E-state index in [1.807, 2.05) is 30.4 Å². The molecule has 1 aliphatic rings. The second-order valence-corrected chi connectivity index (χ2v) is 17.7. The van der Waals surface area contributed by atoms with Crippen LogP contribution in [0.2, 0.25) is 0 Å². The van der Waals surface area contributed by atoms with Crippen LogP contribution in [0.1, 0.15) is 129 Å². The number of hydrogen-bond donors (Lipinski definition) is 4. The van der Waals surface area contributed by atoms with E-state index in [-0.39, 0.29) is 12.8 Å². The molecule has 0 aliphatic carbocycles. The highest BCUT2D eigenvalue weighted by Crippen LogP contribution is 2.44. The highest BCUT2D eigenvalue weighted by Gasteiger charge is 2.36. The van der Waals surface area contributed by atoms with Crippen molar-refractivity contribution in [1.82, 2.24) is 0 Å². The Morgan fingerprint density at radius 3 is 1.61 bits per heavy atom. The van der Waals surface area contributed by atoms with Gasteiger partial charge >= 0.3 is 27.6 Å². The van der Waals surface area contributed by atoms with Crippen molar-refractivity contribution >= 4 is 27.6 Å². The molecule has 0 aromatic carbocycles. The van der Waals surface area contributed by atoms with Crippen molar-refractivity contribution < 1.29 is 66.3 Å². The molecule has 1 rings (SSSR count). The highest BCUT2D eigenvalue weighted by atomic mass is 31.2. The molecule has 0 saturated carbocycles. The van der Waals surface area contributed by atoms with Crippen LogP contribution in [-0.2, 0) is 46.5 Å². The lowest BCUT2D eigenvalue weighted by atomic mass is 10.1. The lowest BCUT2D eigenvalue weighted by Crippen LogP contribution is -2.29. The van der Waals surface area contributed by atoms with Crippen molar-refractivity contribution in [3.8, 4) is 0 Å². The van der Waals surface area contributed by atoms with Crippen LogP contribution in [0.5, 0.6) is 0 Å². The molecule has 0 spiro atoms. The van der Waals surface area contributed by atoms with E-state index < -0.39 is 66.2 Å². The van der Waals surface area contributed by atoms with E-state index in [1.165, 1.54) is 19.3 Å². The molecule has 0 bridgehead atoms. The maximum Gasteiger partial charge on any atom is 0.472 e. The van der Waals surface area contributed by atoms with Crippen LogP contribution in [0.25, 0.3) is 0 Å². The summed E-state index contributed by atoms with van der Waals surface area (Å²) in [6, 6.07) is 0. The smallest absolute Gasteiger partial charge is 0.462 e. The molecule has 16 heteroatoms. The standard InChI is InChI=1S/C48H76O14P2/c1-3-5-7-8-9-10-11-12-13-14-15-16-17-18-19-23-26-29-33-37-47(50)57-41-44(42-60-64(55,56)59-40-43(49)39-58-63(52,53)54)61-48(51)38-34-30-27-24-21-20-22-25-28-32-36-46-45(62-46)35-31-6-4-2/h5,7,9-10,12-13,15-16,18-20,22,24,26-29,32,43-46,49H,3-4,6,8,11,14,17,21,23,25,30-31,33-42H2,1-2H3,(H,55,56)(H2,52,53,54)/b7-5-,10-9-,13-12-,16-15-,19-18-,22-20-,27-24-,29-26-,32-28-/t43-,44+,45?,46?/m0/s1. The molecular weight excluding hydrogens is 862 g/mol. The zero-order valence-electron chi connectivity index (χ0n) is 38.0. The number of aliphatic hydroxyl groups excluding tert-OH is 1. The Bertz CT molecular complexity index is 1610. The Morgan fingerprint density at radius 2 is 1.06 bits per heavy atom. The minimum absolute atomic E-state index is 0.0291. The third-order valence-electron chi connectivity index (χ3n) is 9.07. The van der Waals surface area contributed by atoms with Crippen molar-refractivity contribution in [3.63, 3.8) is 0 Å². The number of esters is 2. The van der Waals surface area contributed by atoms with Gasteiger partial charge in [0.1, 0.15) is 12.7 Å². The van der Waals surface area contributed by atoms with Gasteiger partial charge in [0, 0.05) is 12.8 Å². The molecule has 362 valence electrons. The minimum atomic E-state index is -4.88. The molecule has 1 heterocycles.